The number of hydrogen-bond donors (Lipinski definition) is 2. The van der Waals surface area contributed by atoms with Crippen LogP contribution < -0.4 is 5.73 Å². The summed E-state index contributed by atoms with van der Waals surface area (Å²) in [6.45, 7) is 2.18. The molecule has 0 aromatic heterocycles. The van der Waals surface area contributed by atoms with Gasteiger partial charge in [-0.25, -0.2) is 0 Å². The Labute approximate surface area is 80.9 Å². The summed E-state index contributed by atoms with van der Waals surface area (Å²) in [6, 6.07) is 0. The van der Waals surface area contributed by atoms with Gasteiger partial charge < -0.3 is 15.7 Å². The van der Waals surface area contributed by atoms with Crippen molar-refractivity contribution < 1.29 is 5.11 Å². The first-order valence-corrected chi connectivity index (χ1v) is 5.29. The molecule has 0 aliphatic heterocycles. The largest absolute Gasteiger partial charge is 0.390 e. The van der Waals surface area contributed by atoms with Crippen LogP contribution in [0.3, 0.4) is 0 Å². The van der Waals surface area contributed by atoms with Crippen LogP contribution in [0.15, 0.2) is 0 Å². The van der Waals surface area contributed by atoms with E-state index in [-0.39, 0.29) is 6.10 Å². The van der Waals surface area contributed by atoms with Gasteiger partial charge in [0.25, 0.3) is 0 Å². The molecule has 1 saturated carbocycles. The van der Waals surface area contributed by atoms with E-state index < -0.39 is 0 Å². The fourth-order valence-electron chi connectivity index (χ4n) is 1.71. The minimum atomic E-state index is -0.355. The molecule has 0 bridgehead atoms. The molecule has 1 aliphatic carbocycles. The first kappa shape index (κ1) is 11.0. The highest BCUT2D eigenvalue weighted by Gasteiger charge is 2.17. The number of nitrogens with zero attached hydrogens (tertiary/aromatic N) is 1. The Hall–Kier alpha value is -0.120. The van der Waals surface area contributed by atoms with Gasteiger partial charge in [-0.05, 0) is 25.9 Å². The Kier molecular flexibility index (Phi) is 4.70. The van der Waals surface area contributed by atoms with Crippen molar-refractivity contribution in [3.63, 3.8) is 0 Å². The van der Waals surface area contributed by atoms with E-state index in [4.69, 9.17) is 5.73 Å². The van der Waals surface area contributed by atoms with Crippen LogP contribution in [0.25, 0.3) is 0 Å². The van der Waals surface area contributed by atoms with Crippen LogP contribution in [0.2, 0.25) is 0 Å². The van der Waals surface area contributed by atoms with Gasteiger partial charge >= 0.3 is 0 Å². The van der Waals surface area contributed by atoms with Crippen molar-refractivity contribution in [2.45, 2.75) is 31.8 Å². The second kappa shape index (κ2) is 5.58. The average molecular weight is 186 g/mol. The molecule has 1 atom stereocenters. The summed E-state index contributed by atoms with van der Waals surface area (Å²) in [7, 11) is 2.05. The zero-order valence-electron chi connectivity index (χ0n) is 8.58. The number of likely N-dealkylation sites (N-methyl/N-ethyl adjacent to an activating group) is 1. The summed E-state index contributed by atoms with van der Waals surface area (Å²) in [5.74, 6) is 0.956. The van der Waals surface area contributed by atoms with Crippen molar-refractivity contribution in [1.29, 1.82) is 0 Å². The van der Waals surface area contributed by atoms with Gasteiger partial charge in [-0.3, -0.25) is 0 Å². The molecule has 0 aromatic rings. The predicted molar refractivity (Wildman–Crippen MR) is 54.5 cm³/mol. The van der Waals surface area contributed by atoms with Gasteiger partial charge in [-0.2, -0.15) is 0 Å². The SMILES string of the molecule is CN(CCC1CCC1)CC(O)CN. The van der Waals surface area contributed by atoms with Gasteiger partial charge in [-0.1, -0.05) is 19.3 Å². The topological polar surface area (TPSA) is 49.5 Å². The van der Waals surface area contributed by atoms with Gasteiger partial charge in [0, 0.05) is 13.1 Å². The van der Waals surface area contributed by atoms with Gasteiger partial charge in [0.15, 0.2) is 0 Å². The number of nitrogens with two attached hydrogens (primary N) is 1. The zero-order valence-corrected chi connectivity index (χ0v) is 8.58. The van der Waals surface area contributed by atoms with Gasteiger partial charge in [0.2, 0.25) is 0 Å². The lowest BCUT2D eigenvalue weighted by atomic mass is 9.83. The second-order valence-corrected chi connectivity index (χ2v) is 4.24. The number of rotatable bonds is 6. The Morgan fingerprint density at radius 2 is 2.23 bits per heavy atom. The molecule has 0 saturated heterocycles. The molecule has 3 N–H and O–H groups in total. The lowest BCUT2D eigenvalue weighted by Crippen LogP contribution is -2.35. The van der Waals surface area contributed by atoms with E-state index in [0.717, 1.165) is 12.5 Å². The van der Waals surface area contributed by atoms with Gasteiger partial charge in [0.05, 0.1) is 6.10 Å². The Balaban J connectivity index is 1.99. The average Bonchev–Trinajstić information content (AvgIpc) is 2.01. The zero-order chi connectivity index (χ0) is 9.68. The van der Waals surface area contributed by atoms with Crippen LogP contribution >= 0.6 is 0 Å². The van der Waals surface area contributed by atoms with Crippen LogP contribution in [0, 0.1) is 5.92 Å². The van der Waals surface area contributed by atoms with E-state index in [1.165, 1.54) is 25.7 Å². The molecular formula is C10H22N2O. The van der Waals surface area contributed by atoms with E-state index in [0.29, 0.717) is 13.1 Å². The third kappa shape index (κ3) is 4.07. The van der Waals surface area contributed by atoms with Crippen molar-refractivity contribution >= 4 is 0 Å². The third-order valence-electron chi connectivity index (χ3n) is 2.94. The Morgan fingerprint density at radius 1 is 1.54 bits per heavy atom. The van der Waals surface area contributed by atoms with E-state index in [1.54, 1.807) is 0 Å². The van der Waals surface area contributed by atoms with Crippen molar-refractivity contribution in [2.75, 3.05) is 26.7 Å². The standard InChI is InChI=1S/C10H22N2O/c1-12(8-10(13)7-11)6-5-9-3-2-4-9/h9-10,13H,2-8,11H2,1H3. The number of hydrogen-bond acceptors (Lipinski definition) is 3. The maximum atomic E-state index is 9.30. The van der Waals surface area contributed by atoms with Crippen LogP contribution in [-0.4, -0.2) is 42.8 Å². The van der Waals surface area contributed by atoms with Crippen LogP contribution in [0.4, 0.5) is 0 Å². The predicted octanol–water partition coefficient (Wildman–Crippen LogP) is 0.428. The summed E-state index contributed by atoms with van der Waals surface area (Å²) >= 11 is 0. The normalized spacial score (nSPS) is 20.3. The molecule has 1 rings (SSSR count). The fraction of sp³-hybridized carbons (Fsp3) is 1.00. The van der Waals surface area contributed by atoms with Crippen LogP contribution in [0.1, 0.15) is 25.7 Å². The molecule has 3 nitrogen and oxygen atoms in total. The molecule has 0 aromatic carbocycles. The highest BCUT2D eigenvalue weighted by molar-refractivity contribution is 4.71. The molecule has 0 amide bonds. The van der Waals surface area contributed by atoms with E-state index >= 15 is 0 Å². The lowest BCUT2D eigenvalue weighted by molar-refractivity contribution is 0.125. The Bertz CT molecular complexity index is 137. The van der Waals surface area contributed by atoms with Crippen molar-refractivity contribution in [1.82, 2.24) is 4.90 Å². The van der Waals surface area contributed by atoms with E-state index in [2.05, 4.69) is 11.9 Å². The molecule has 13 heavy (non-hydrogen) atoms. The van der Waals surface area contributed by atoms with Crippen molar-refractivity contribution in [3.05, 3.63) is 0 Å². The molecule has 0 spiro atoms. The highest BCUT2D eigenvalue weighted by Crippen LogP contribution is 2.29. The van der Waals surface area contributed by atoms with Crippen LogP contribution in [-0.2, 0) is 0 Å². The summed E-state index contributed by atoms with van der Waals surface area (Å²) in [5, 5.41) is 9.30. The van der Waals surface area contributed by atoms with E-state index in [9.17, 15) is 5.11 Å². The summed E-state index contributed by atoms with van der Waals surface area (Å²) in [5.41, 5.74) is 5.34. The summed E-state index contributed by atoms with van der Waals surface area (Å²) < 4.78 is 0. The minimum absolute atomic E-state index is 0.355. The first-order chi connectivity index (χ1) is 6.22. The molecular weight excluding hydrogens is 164 g/mol. The molecule has 1 aliphatic rings. The van der Waals surface area contributed by atoms with Crippen LogP contribution in [0.5, 0.6) is 0 Å². The quantitative estimate of drug-likeness (QED) is 0.632. The molecule has 0 heterocycles. The van der Waals surface area contributed by atoms with E-state index in [1.807, 2.05) is 0 Å². The fourth-order valence-corrected chi connectivity index (χ4v) is 1.71. The third-order valence-corrected chi connectivity index (χ3v) is 2.94. The summed E-state index contributed by atoms with van der Waals surface area (Å²) in [6.07, 6.45) is 5.17. The molecule has 1 unspecified atom stereocenters. The highest BCUT2D eigenvalue weighted by atomic mass is 16.3. The van der Waals surface area contributed by atoms with Gasteiger partial charge in [0.1, 0.15) is 0 Å². The van der Waals surface area contributed by atoms with Crippen molar-refractivity contribution in [3.8, 4) is 0 Å². The lowest BCUT2D eigenvalue weighted by Gasteiger charge is -2.28. The number of aliphatic hydroxyl groups excluding tert-OH is 1. The molecule has 78 valence electrons. The second-order valence-electron chi connectivity index (χ2n) is 4.24. The first-order valence-electron chi connectivity index (χ1n) is 5.29. The minimum Gasteiger partial charge on any atom is -0.390 e. The maximum Gasteiger partial charge on any atom is 0.0788 e. The molecule has 0 radical (unpaired) electrons. The Morgan fingerprint density at radius 3 is 2.69 bits per heavy atom. The van der Waals surface area contributed by atoms with Crippen molar-refractivity contribution in [2.24, 2.45) is 11.7 Å². The van der Waals surface area contributed by atoms with Gasteiger partial charge in [-0.15, -0.1) is 0 Å². The number of aliphatic hydroxyl groups is 1. The monoisotopic (exact) mass is 186 g/mol. The maximum absolute atomic E-state index is 9.30. The summed E-state index contributed by atoms with van der Waals surface area (Å²) in [4.78, 5) is 2.18. The molecule has 1 fully saturated rings. The molecule has 3 heteroatoms. The smallest absolute Gasteiger partial charge is 0.0788 e.